The van der Waals surface area contributed by atoms with E-state index in [0.717, 1.165) is 5.92 Å². The van der Waals surface area contributed by atoms with Gasteiger partial charge in [-0.15, -0.1) is 0 Å². The van der Waals surface area contributed by atoms with Gasteiger partial charge in [0, 0.05) is 0 Å². The molecule has 0 heterocycles. The Balaban J connectivity index is 0. The quantitative estimate of drug-likeness (QED) is 0.543. The fourth-order valence-corrected chi connectivity index (χ4v) is 1.86. The van der Waals surface area contributed by atoms with E-state index in [1.54, 1.807) is 6.92 Å². The summed E-state index contributed by atoms with van der Waals surface area (Å²) in [5, 5.41) is 0. The predicted molar refractivity (Wildman–Crippen MR) is 66.4 cm³/mol. The van der Waals surface area contributed by atoms with Gasteiger partial charge in [0.1, 0.15) is 5.78 Å². The fourth-order valence-electron chi connectivity index (χ4n) is 1.86. The van der Waals surface area contributed by atoms with Crippen molar-refractivity contribution in [3.8, 4) is 0 Å². The summed E-state index contributed by atoms with van der Waals surface area (Å²) < 4.78 is 0. The Morgan fingerprint density at radius 3 is 1.75 bits per heavy atom. The Morgan fingerprint density at radius 1 is 1.19 bits per heavy atom. The van der Waals surface area contributed by atoms with Crippen molar-refractivity contribution in [3.63, 3.8) is 0 Å². The van der Waals surface area contributed by atoms with Crippen LogP contribution in [-0.4, -0.2) is 5.78 Å². The Hall–Kier alpha value is 1.31. The van der Waals surface area contributed by atoms with Gasteiger partial charge in [-0.2, -0.15) is 12.8 Å². The average Bonchev–Trinajstić information content (AvgIpc) is 2.21. The first kappa shape index (κ1) is 19.6. The molecule has 1 aliphatic carbocycles. The summed E-state index contributed by atoms with van der Waals surface area (Å²) in [6, 6.07) is 0. The molecule has 0 saturated heterocycles. The van der Waals surface area contributed by atoms with Crippen LogP contribution in [-0.2, 0) is 4.79 Å². The minimum Gasteiger partial charge on any atom is -0.343 e. The maximum absolute atomic E-state index is 10.5. The summed E-state index contributed by atoms with van der Waals surface area (Å²) in [4.78, 5) is 10.5. The Morgan fingerprint density at radius 2 is 1.62 bits per heavy atom. The van der Waals surface area contributed by atoms with E-state index in [2.05, 4.69) is 20.8 Å². The minimum absolute atomic E-state index is 0. The van der Waals surface area contributed by atoms with Crippen LogP contribution in [0.15, 0.2) is 0 Å². The molecular formula is C14H26KO-. The number of hydrogen-bond donors (Lipinski definition) is 0. The topological polar surface area (TPSA) is 17.1 Å². The summed E-state index contributed by atoms with van der Waals surface area (Å²) in [5.74, 6) is 1.33. The second kappa shape index (κ2) is 12.8. The van der Waals surface area contributed by atoms with Crippen LogP contribution in [0, 0.1) is 25.7 Å². The molecule has 0 aromatic heterocycles. The van der Waals surface area contributed by atoms with E-state index in [4.69, 9.17) is 0 Å². The SMILES string of the molecule is CC1CCCCC1.[CH2-]CC(C[CH2-])C(C)=O.[K+]. The van der Waals surface area contributed by atoms with Gasteiger partial charge < -0.3 is 13.8 Å². The van der Waals surface area contributed by atoms with Gasteiger partial charge in [-0.05, 0) is 18.8 Å². The third kappa shape index (κ3) is 10.5. The van der Waals surface area contributed by atoms with Gasteiger partial charge in [0.2, 0.25) is 0 Å². The zero-order chi connectivity index (χ0) is 11.7. The Labute approximate surface area is 145 Å². The standard InChI is InChI=1S/C7H12O.C7H14.K/c1-4-7(5-2)6(3)8;1-7-5-3-2-4-6-7;/h7H,1-2,4-5H2,3H3;7H,2-6H2,1H3;/q-2;;+1. The van der Waals surface area contributed by atoms with E-state index in [9.17, 15) is 4.79 Å². The van der Waals surface area contributed by atoms with Crippen molar-refractivity contribution >= 4 is 5.78 Å². The van der Waals surface area contributed by atoms with Crippen LogP contribution in [0.25, 0.3) is 0 Å². The molecule has 0 amide bonds. The molecular weight excluding hydrogens is 223 g/mol. The van der Waals surface area contributed by atoms with Crippen molar-refractivity contribution in [1.29, 1.82) is 0 Å². The zero-order valence-corrected chi connectivity index (χ0v) is 14.6. The van der Waals surface area contributed by atoms with Crippen molar-refractivity contribution < 1.29 is 56.2 Å². The third-order valence-electron chi connectivity index (χ3n) is 3.17. The van der Waals surface area contributed by atoms with Gasteiger partial charge in [0.25, 0.3) is 0 Å². The van der Waals surface area contributed by atoms with E-state index in [0.29, 0.717) is 12.8 Å². The molecule has 0 N–H and O–H groups in total. The molecule has 0 unspecified atom stereocenters. The smallest absolute Gasteiger partial charge is 0.343 e. The van der Waals surface area contributed by atoms with Gasteiger partial charge in [0.05, 0.1) is 0 Å². The molecule has 1 aliphatic rings. The average molecular weight is 249 g/mol. The first-order valence-electron chi connectivity index (χ1n) is 6.20. The van der Waals surface area contributed by atoms with Crippen LogP contribution in [0.2, 0.25) is 0 Å². The molecule has 2 heteroatoms. The molecule has 90 valence electrons. The van der Waals surface area contributed by atoms with Gasteiger partial charge >= 0.3 is 51.4 Å². The maximum Gasteiger partial charge on any atom is 1.00 e. The largest absolute Gasteiger partial charge is 1.00 e. The molecule has 0 aromatic carbocycles. The van der Waals surface area contributed by atoms with Crippen LogP contribution in [0.4, 0.5) is 0 Å². The van der Waals surface area contributed by atoms with Crippen molar-refractivity contribution in [3.05, 3.63) is 13.8 Å². The van der Waals surface area contributed by atoms with E-state index in [-0.39, 0.29) is 63.1 Å². The number of rotatable bonds is 3. The van der Waals surface area contributed by atoms with Gasteiger partial charge in [-0.25, -0.2) is 0 Å². The van der Waals surface area contributed by atoms with E-state index in [1.807, 2.05) is 0 Å². The number of carbonyl (C=O) groups excluding carboxylic acids is 1. The van der Waals surface area contributed by atoms with Crippen LogP contribution in [0.1, 0.15) is 58.8 Å². The zero-order valence-electron chi connectivity index (χ0n) is 11.4. The molecule has 0 bridgehead atoms. The normalized spacial score (nSPS) is 16.1. The van der Waals surface area contributed by atoms with Crippen LogP contribution in [0.3, 0.4) is 0 Å². The Bertz CT molecular complexity index is 158. The van der Waals surface area contributed by atoms with Crippen molar-refractivity contribution in [2.24, 2.45) is 11.8 Å². The van der Waals surface area contributed by atoms with Crippen molar-refractivity contribution in [2.75, 3.05) is 0 Å². The molecule has 0 spiro atoms. The van der Waals surface area contributed by atoms with Gasteiger partial charge in [-0.3, -0.25) is 4.79 Å². The first-order chi connectivity index (χ1) is 7.11. The summed E-state index contributed by atoms with van der Waals surface area (Å²) in [5.41, 5.74) is 0. The second-order valence-corrected chi connectivity index (χ2v) is 4.63. The van der Waals surface area contributed by atoms with E-state index in [1.165, 1.54) is 32.1 Å². The third-order valence-corrected chi connectivity index (χ3v) is 3.17. The molecule has 0 aliphatic heterocycles. The van der Waals surface area contributed by atoms with E-state index < -0.39 is 0 Å². The van der Waals surface area contributed by atoms with Crippen LogP contribution >= 0.6 is 0 Å². The van der Waals surface area contributed by atoms with Crippen molar-refractivity contribution in [1.82, 2.24) is 0 Å². The summed E-state index contributed by atoms with van der Waals surface area (Å²) >= 11 is 0. The predicted octanol–water partition coefficient (Wildman–Crippen LogP) is 1.23. The molecule has 0 radical (unpaired) electrons. The molecule has 1 nitrogen and oxygen atoms in total. The fraction of sp³-hybridized carbons (Fsp3) is 0.786. The van der Waals surface area contributed by atoms with Crippen LogP contribution in [0.5, 0.6) is 0 Å². The number of Topliss-reactive ketones (excluding diaryl/α,β-unsaturated/α-hetero) is 1. The molecule has 0 aromatic rings. The first-order valence-corrected chi connectivity index (χ1v) is 6.20. The summed E-state index contributed by atoms with van der Waals surface area (Å²) in [7, 11) is 0. The maximum atomic E-state index is 10.5. The minimum atomic E-state index is 0. The molecule has 1 saturated carbocycles. The number of carbonyl (C=O) groups is 1. The summed E-state index contributed by atoms with van der Waals surface area (Å²) in [6.45, 7) is 11.2. The molecule has 16 heavy (non-hydrogen) atoms. The number of hydrogen-bond acceptors (Lipinski definition) is 1. The van der Waals surface area contributed by atoms with Crippen molar-refractivity contribution in [2.45, 2.75) is 58.8 Å². The van der Waals surface area contributed by atoms with Gasteiger partial charge in [-0.1, -0.05) is 39.0 Å². The molecule has 1 rings (SSSR count). The summed E-state index contributed by atoms with van der Waals surface area (Å²) in [6.07, 6.45) is 8.80. The number of ketones is 1. The monoisotopic (exact) mass is 249 g/mol. The van der Waals surface area contributed by atoms with E-state index >= 15 is 0 Å². The molecule has 0 atom stereocenters. The van der Waals surface area contributed by atoms with Crippen LogP contribution < -0.4 is 51.4 Å². The molecule has 1 fully saturated rings. The van der Waals surface area contributed by atoms with Gasteiger partial charge in [0.15, 0.2) is 0 Å². The Kier molecular flexibility index (Phi) is 15.7. The second-order valence-electron chi connectivity index (χ2n) is 4.63.